The molecule has 0 bridgehead atoms. The molecule has 0 saturated carbocycles. The fourth-order valence-electron chi connectivity index (χ4n) is 3.63. The van der Waals surface area contributed by atoms with E-state index >= 15 is 0 Å². The molecular formula is C17H14BrN5S. The molecule has 0 fully saturated rings. The van der Waals surface area contributed by atoms with Crippen molar-refractivity contribution in [3.05, 3.63) is 43.7 Å². The number of thiophene rings is 1. The summed E-state index contributed by atoms with van der Waals surface area (Å²) < 4.78 is 0.936. The number of nitriles is 3. The quantitative estimate of drug-likeness (QED) is 0.781. The Morgan fingerprint density at radius 1 is 1.33 bits per heavy atom. The van der Waals surface area contributed by atoms with Crippen molar-refractivity contribution in [2.75, 3.05) is 20.1 Å². The van der Waals surface area contributed by atoms with Gasteiger partial charge in [-0.3, -0.25) is 0 Å². The van der Waals surface area contributed by atoms with E-state index in [4.69, 9.17) is 5.73 Å². The number of nitrogens with zero attached hydrogens (tertiary/aromatic N) is 4. The topological polar surface area (TPSA) is 101 Å². The summed E-state index contributed by atoms with van der Waals surface area (Å²) in [6, 6.07) is 10.2. The fourth-order valence-corrected chi connectivity index (χ4v) is 5.28. The Morgan fingerprint density at radius 3 is 2.58 bits per heavy atom. The van der Waals surface area contributed by atoms with Crippen molar-refractivity contribution in [3.8, 4) is 18.2 Å². The van der Waals surface area contributed by atoms with Crippen molar-refractivity contribution >= 4 is 27.3 Å². The summed E-state index contributed by atoms with van der Waals surface area (Å²) >= 11 is 4.96. The lowest BCUT2D eigenvalue weighted by Crippen LogP contribution is -2.47. The molecule has 3 rings (SSSR count). The van der Waals surface area contributed by atoms with Crippen LogP contribution in [0.5, 0.6) is 0 Å². The lowest BCUT2D eigenvalue weighted by molar-refractivity contribution is 0.240. The Kier molecular flexibility index (Phi) is 4.24. The van der Waals surface area contributed by atoms with Crippen molar-refractivity contribution < 1.29 is 0 Å². The van der Waals surface area contributed by atoms with Gasteiger partial charge in [0, 0.05) is 29.8 Å². The van der Waals surface area contributed by atoms with Crippen LogP contribution in [0.4, 0.5) is 0 Å². The number of likely N-dealkylation sites (N-methyl/N-ethyl adjacent to an activating group) is 1. The maximum atomic E-state index is 9.88. The molecular weight excluding hydrogens is 386 g/mol. The standard InChI is InChI=1S/C17H14BrN5S/c1-23-5-4-10-11(6-19)16(22)17(8-20,9-21)15(12(10)7-23)13-2-3-14(18)24-13/h2-4,12,15H,5,7,22H2,1H3/t12-,15-/m0/s1. The van der Waals surface area contributed by atoms with Gasteiger partial charge in [0.05, 0.1) is 27.2 Å². The smallest absolute Gasteiger partial charge is 0.192 e. The summed E-state index contributed by atoms with van der Waals surface area (Å²) in [6.07, 6.45) is 1.99. The summed E-state index contributed by atoms with van der Waals surface area (Å²) in [6.45, 7) is 1.40. The average molecular weight is 400 g/mol. The summed E-state index contributed by atoms with van der Waals surface area (Å²) in [4.78, 5) is 3.05. The van der Waals surface area contributed by atoms with E-state index < -0.39 is 11.3 Å². The summed E-state index contributed by atoms with van der Waals surface area (Å²) in [5.74, 6) is -0.509. The molecule has 2 aliphatic rings. The number of fused-ring (bicyclic) bond motifs is 1. The van der Waals surface area contributed by atoms with Crippen molar-refractivity contribution in [2.24, 2.45) is 17.1 Å². The first-order valence-electron chi connectivity index (χ1n) is 7.35. The molecule has 2 atom stereocenters. The van der Waals surface area contributed by atoms with Gasteiger partial charge in [0.1, 0.15) is 6.07 Å². The van der Waals surface area contributed by atoms with Crippen LogP contribution in [0.3, 0.4) is 0 Å². The van der Waals surface area contributed by atoms with E-state index in [1.165, 1.54) is 11.3 Å². The Balaban J connectivity index is 2.33. The van der Waals surface area contributed by atoms with E-state index in [1.54, 1.807) is 0 Å². The van der Waals surface area contributed by atoms with Gasteiger partial charge >= 0.3 is 0 Å². The minimum Gasteiger partial charge on any atom is -0.399 e. The number of halogens is 1. The van der Waals surface area contributed by atoms with Crippen LogP contribution >= 0.6 is 27.3 Å². The number of hydrogen-bond donors (Lipinski definition) is 1. The average Bonchev–Trinajstić information content (AvgIpc) is 3.00. The van der Waals surface area contributed by atoms with Crippen LogP contribution in [-0.2, 0) is 0 Å². The molecule has 24 heavy (non-hydrogen) atoms. The van der Waals surface area contributed by atoms with Crippen LogP contribution in [0.2, 0.25) is 0 Å². The van der Waals surface area contributed by atoms with Gasteiger partial charge in [0.15, 0.2) is 5.41 Å². The highest BCUT2D eigenvalue weighted by atomic mass is 79.9. The minimum absolute atomic E-state index is 0.0802. The molecule has 0 amide bonds. The number of hydrogen-bond acceptors (Lipinski definition) is 6. The molecule has 120 valence electrons. The molecule has 1 aromatic heterocycles. The molecule has 2 heterocycles. The monoisotopic (exact) mass is 399 g/mol. The van der Waals surface area contributed by atoms with Crippen molar-refractivity contribution in [2.45, 2.75) is 5.92 Å². The van der Waals surface area contributed by atoms with Gasteiger partial charge in [-0.15, -0.1) is 11.3 Å². The fraction of sp³-hybridized carbons (Fsp3) is 0.353. The SMILES string of the molecule is CN1CC=C2C(C#N)=C(N)C(C#N)(C#N)[C@H](c3ccc(Br)s3)[C@H]2C1. The third kappa shape index (κ3) is 2.27. The van der Waals surface area contributed by atoms with Crippen molar-refractivity contribution in [1.29, 1.82) is 15.8 Å². The van der Waals surface area contributed by atoms with Gasteiger partial charge < -0.3 is 10.6 Å². The number of rotatable bonds is 1. The summed E-state index contributed by atoms with van der Waals surface area (Å²) in [5, 5.41) is 29.4. The Labute approximate surface area is 153 Å². The third-order valence-corrected chi connectivity index (χ3v) is 6.45. The van der Waals surface area contributed by atoms with Crippen LogP contribution in [0.1, 0.15) is 10.8 Å². The zero-order valence-corrected chi connectivity index (χ0v) is 15.4. The molecule has 1 aromatic rings. The van der Waals surface area contributed by atoms with Crippen LogP contribution in [0, 0.1) is 45.3 Å². The van der Waals surface area contributed by atoms with E-state index in [1.807, 2.05) is 25.3 Å². The first-order chi connectivity index (χ1) is 11.5. The highest BCUT2D eigenvalue weighted by molar-refractivity contribution is 9.11. The minimum atomic E-state index is -1.53. The van der Waals surface area contributed by atoms with E-state index in [0.29, 0.717) is 12.1 Å². The Hall–Kier alpha value is -2.11. The first kappa shape index (κ1) is 16.7. The second kappa shape index (κ2) is 6.07. The molecule has 1 aliphatic carbocycles. The van der Waals surface area contributed by atoms with Gasteiger partial charge in [0.25, 0.3) is 0 Å². The van der Waals surface area contributed by atoms with Crippen molar-refractivity contribution in [1.82, 2.24) is 4.90 Å². The Bertz CT molecular complexity index is 862. The van der Waals surface area contributed by atoms with E-state index in [0.717, 1.165) is 20.8 Å². The van der Waals surface area contributed by atoms with Gasteiger partial charge in [-0.25, -0.2) is 0 Å². The second-order valence-electron chi connectivity index (χ2n) is 6.04. The molecule has 7 heteroatoms. The van der Waals surface area contributed by atoms with Crippen LogP contribution < -0.4 is 5.73 Å². The zero-order valence-electron chi connectivity index (χ0n) is 13.0. The maximum absolute atomic E-state index is 9.88. The molecule has 0 aromatic carbocycles. The highest BCUT2D eigenvalue weighted by Gasteiger charge is 2.54. The van der Waals surface area contributed by atoms with Gasteiger partial charge in [0.2, 0.25) is 0 Å². The molecule has 0 saturated heterocycles. The van der Waals surface area contributed by atoms with Crippen LogP contribution in [0.15, 0.2) is 38.8 Å². The Morgan fingerprint density at radius 2 is 2.04 bits per heavy atom. The zero-order chi connectivity index (χ0) is 17.5. The van der Waals surface area contributed by atoms with Crippen LogP contribution in [0.25, 0.3) is 0 Å². The number of allylic oxidation sites excluding steroid dienone is 2. The lowest BCUT2D eigenvalue weighted by atomic mass is 9.59. The van der Waals surface area contributed by atoms with Crippen molar-refractivity contribution in [3.63, 3.8) is 0 Å². The normalized spacial score (nSPS) is 25.9. The number of nitrogens with two attached hydrogens (primary N) is 1. The van der Waals surface area contributed by atoms with Gasteiger partial charge in [-0.1, -0.05) is 6.08 Å². The predicted molar refractivity (Wildman–Crippen MR) is 94.3 cm³/mol. The van der Waals surface area contributed by atoms with Crippen LogP contribution in [-0.4, -0.2) is 25.0 Å². The van der Waals surface area contributed by atoms with E-state index in [-0.39, 0.29) is 11.6 Å². The molecule has 2 N–H and O–H groups in total. The summed E-state index contributed by atoms with van der Waals surface area (Å²) in [5.41, 5.74) is 5.92. The van der Waals surface area contributed by atoms with Gasteiger partial charge in [-0.05, 0) is 40.7 Å². The second-order valence-corrected chi connectivity index (χ2v) is 8.53. The molecule has 0 unspecified atom stereocenters. The molecule has 0 spiro atoms. The molecule has 0 radical (unpaired) electrons. The highest BCUT2D eigenvalue weighted by Crippen LogP contribution is 2.55. The summed E-state index contributed by atoms with van der Waals surface area (Å²) in [7, 11) is 1.99. The third-order valence-electron chi connectivity index (χ3n) is 4.75. The largest absolute Gasteiger partial charge is 0.399 e. The van der Waals surface area contributed by atoms with E-state index in [9.17, 15) is 15.8 Å². The maximum Gasteiger partial charge on any atom is 0.192 e. The molecule has 1 aliphatic heterocycles. The van der Waals surface area contributed by atoms with E-state index in [2.05, 4.69) is 39.0 Å². The predicted octanol–water partition coefficient (Wildman–Crippen LogP) is 2.87. The first-order valence-corrected chi connectivity index (χ1v) is 8.96. The lowest BCUT2D eigenvalue weighted by Gasteiger charge is -2.44. The molecule has 5 nitrogen and oxygen atoms in total. The van der Waals surface area contributed by atoms with Gasteiger partial charge in [-0.2, -0.15) is 15.8 Å².